The van der Waals surface area contributed by atoms with Crippen LogP contribution in [0.25, 0.3) is 0 Å². The van der Waals surface area contributed by atoms with Gasteiger partial charge in [0.1, 0.15) is 24.5 Å². The molecular weight excluding hydrogens is 312 g/mol. The first-order chi connectivity index (χ1) is 11.5. The summed E-state index contributed by atoms with van der Waals surface area (Å²) in [6.07, 6.45) is 0.540. The van der Waals surface area contributed by atoms with Gasteiger partial charge in [-0.3, -0.25) is 14.5 Å². The first kappa shape index (κ1) is 16.4. The standard InChI is InChI=1S/C17H20N2O5/c1-11(20)12-4-2-5-14(8-12)24-10-13(21)9-19-16(22)15-6-3-7-18(15)17(19)23/h2,4-5,8,13,15,21H,3,6-7,9-10H2,1H3. The van der Waals surface area contributed by atoms with Gasteiger partial charge in [0.2, 0.25) is 0 Å². The van der Waals surface area contributed by atoms with Crippen LogP contribution in [0.15, 0.2) is 24.3 Å². The highest BCUT2D eigenvalue weighted by Gasteiger charge is 2.47. The number of β-amino-alcohol motifs (C(OH)–C–C–N with tert-alkyl or cyclic N) is 1. The number of aliphatic hydroxyl groups excluding tert-OH is 1. The molecule has 7 nitrogen and oxygen atoms in total. The van der Waals surface area contributed by atoms with Crippen molar-refractivity contribution in [1.82, 2.24) is 9.80 Å². The SMILES string of the molecule is CC(=O)c1cccc(OCC(O)CN2C(=O)C3CCCN3C2=O)c1. The van der Waals surface area contributed by atoms with Crippen molar-refractivity contribution in [2.75, 3.05) is 19.7 Å². The second kappa shape index (κ2) is 6.60. The van der Waals surface area contributed by atoms with Crippen molar-refractivity contribution in [1.29, 1.82) is 0 Å². The molecule has 0 aliphatic carbocycles. The van der Waals surface area contributed by atoms with Crippen LogP contribution in [0.5, 0.6) is 5.75 Å². The molecule has 2 atom stereocenters. The molecule has 2 fully saturated rings. The van der Waals surface area contributed by atoms with Crippen LogP contribution in [0.1, 0.15) is 30.1 Å². The average Bonchev–Trinajstić information content (AvgIpc) is 3.13. The zero-order valence-electron chi connectivity index (χ0n) is 13.5. The summed E-state index contributed by atoms with van der Waals surface area (Å²) in [6, 6.07) is 5.96. The minimum atomic E-state index is -0.987. The van der Waals surface area contributed by atoms with E-state index in [9.17, 15) is 19.5 Å². The number of Topliss-reactive ketones (excluding diaryl/α,β-unsaturated/α-hetero) is 1. The molecule has 2 unspecified atom stereocenters. The average molecular weight is 332 g/mol. The van der Waals surface area contributed by atoms with E-state index in [-0.39, 0.29) is 36.9 Å². The quantitative estimate of drug-likeness (QED) is 0.622. The fourth-order valence-corrected chi connectivity index (χ4v) is 3.11. The van der Waals surface area contributed by atoms with Crippen molar-refractivity contribution in [2.45, 2.75) is 31.9 Å². The van der Waals surface area contributed by atoms with Gasteiger partial charge < -0.3 is 14.7 Å². The van der Waals surface area contributed by atoms with Crippen molar-refractivity contribution >= 4 is 17.7 Å². The van der Waals surface area contributed by atoms with Crippen LogP contribution in [-0.2, 0) is 4.79 Å². The number of hydrogen-bond acceptors (Lipinski definition) is 5. The van der Waals surface area contributed by atoms with Crippen molar-refractivity contribution in [2.24, 2.45) is 0 Å². The van der Waals surface area contributed by atoms with Gasteiger partial charge in [-0.2, -0.15) is 0 Å². The fraction of sp³-hybridized carbons (Fsp3) is 0.471. The summed E-state index contributed by atoms with van der Waals surface area (Å²) in [5.74, 6) is 0.145. The van der Waals surface area contributed by atoms with Gasteiger partial charge in [0, 0.05) is 12.1 Å². The Balaban J connectivity index is 1.55. The molecule has 0 aromatic heterocycles. The number of nitrogens with zero attached hydrogens (tertiary/aromatic N) is 2. The summed E-state index contributed by atoms with van der Waals surface area (Å²) in [6.45, 7) is 1.90. The van der Waals surface area contributed by atoms with Crippen molar-refractivity contribution in [3.8, 4) is 5.75 Å². The number of benzene rings is 1. The lowest BCUT2D eigenvalue weighted by atomic mass is 10.1. The molecule has 2 aliphatic heterocycles. The van der Waals surface area contributed by atoms with Crippen LogP contribution < -0.4 is 4.74 Å². The third-order valence-corrected chi connectivity index (χ3v) is 4.36. The zero-order valence-corrected chi connectivity index (χ0v) is 13.5. The molecule has 1 aromatic carbocycles. The number of rotatable bonds is 6. The van der Waals surface area contributed by atoms with Gasteiger partial charge in [-0.25, -0.2) is 4.79 Å². The number of imide groups is 1. The summed E-state index contributed by atoms with van der Waals surface area (Å²) in [7, 11) is 0. The molecule has 2 heterocycles. The molecule has 0 saturated carbocycles. The number of amides is 3. The topological polar surface area (TPSA) is 87.2 Å². The Bertz CT molecular complexity index is 653. The summed E-state index contributed by atoms with van der Waals surface area (Å²) >= 11 is 0. The van der Waals surface area contributed by atoms with Crippen LogP contribution in [0.2, 0.25) is 0 Å². The Hall–Kier alpha value is -2.41. The molecule has 3 amide bonds. The predicted molar refractivity (Wildman–Crippen MR) is 84.8 cm³/mol. The lowest BCUT2D eigenvalue weighted by Crippen LogP contribution is -2.41. The van der Waals surface area contributed by atoms with Gasteiger partial charge in [-0.15, -0.1) is 0 Å². The van der Waals surface area contributed by atoms with Gasteiger partial charge in [-0.05, 0) is 31.9 Å². The summed E-state index contributed by atoms with van der Waals surface area (Å²) in [5, 5.41) is 10.1. The van der Waals surface area contributed by atoms with Crippen molar-refractivity contribution in [3.63, 3.8) is 0 Å². The number of fused-ring (bicyclic) bond motifs is 1. The third kappa shape index (κ3) is 3.12. The van der Waals surface area contributed by atoms with E-state index >= 15 is 0 Å². The van der Waals surface area contributed by atoms with E-state index in [4.69, 9.17) is 4.74 Å². The van der Waals surface area contributed by atoms with E-state index in [0.29, 0.717) is 24.3 Å². The minimum absolute atomic E-state index is 0.0664. The second-order valence-electron chi connectivity index (χ2n) is 6.13. The van der Waals surface area contributed by atoms with Crippen LogP contribution >= 0.6 is 0 Å². The lowest BCUT2D eigenvalue weighted by Gasteiger charge is -2.19. The van der Waals surface area contributed by atoms with Crippen molar-refractivity contribution in [3.05, 3.63) is 29.8 Å². The molecule has 0 spiro atoms. The molecule has 0 bridgehead atoms. The Morgan fingerprint density at radius 3 is 2.92 bits per heavy atom. The van der Waals surface area contributed by atoms with Gasteiger partial charge in [0.05, 0.1) is 6.54 Å². The molecule has 3 rings (SSSR count). The van der Waals surface area contributed by atoms with Crippen LogP contribution in [-0.4, -0.2) is 64.5 Å². The van der Waals surface area contributed by atoms with Gasteiger partial charge in [-0.1, -0.05) is 12.1 Å². The fourth-order valence-electron chi connectivity index (χ4n) is 3.11. The van der Waals surface area contributed by atoms with Crippen LogP contribution in [0, 0.1) is 0 Å². The Morgan fingerprint density at radius 2 is 2.21 bits per heavy atom. The Morgan fingerprint density at radius 1 is 1.42 bits per heavy atom. The summed E-state index contributed by atoms with van der Waals surface area (Å²) < 4.78 is 5.47. The number of carbonyl (C=O) groups excluding carboxylic acids is 3. The number of ether oxygens (including phenoxy) is 1. The zero-order chi connectivity index (χ0) is 17.3. The maximum Gasteiger partial charge on any atom is 0.327 e. The molecule has 2 saturated heterocycles. The molecule has 1 N–H and O–H groups in total. The van der Waals surface area contributed by atoms with Crippen LogP contribution in [0.4, 0.5) is 4.79 Å². The monoisotopic (exact) mass is 332 g/mol. The van der Waals surface area contributed by atoms with E-state index < -0.39 is 6.10 Å². The summed E-state index contributed by atoms with van der Waals surface area (Å²) in [4.78, 5) is 38.4. The molecule has 7 heteroatoms. The maximum absolute atomic E-state index is 12.2. The Kier molecular flexibility index (Phi) is 4.53. The normalized spacial score (nSPS) is 21.2. The van der Waals surface area contributed by atoms with E-state index in [1.54, 1.807) is 29.2 Å². The second-order valence-corrected chi connectivity index (χ2v) is 6.13. The van der Waals surface area contributed by atoms with E-state index in [0.717, 1.165) is 11.3 Å². The number of urea groups is 1. The van der Waals surface area contributed by atoms with Gasteiger partial charge >= 0.3 is 6.03 Å². The molecule has 1 aromatic rings. The highest BCUT2D eigenvalue weighted by molar-refractivity contribution is 6.04. The van der Waals surface area contributed by atoms with Crippen LogP contribution in [0.3, 0.4) is 0 Å². The maximum atomic E-state index is 12.2. The predicted octanol–water partition coefficient (Wildman–Crippen LogP) is 1.06. The number of ketones is 1. The Labute approximate surface area is 139 Å². The first-order valence-electron chi connectivity index (χ1n) is 8.01. The highest BCUT2D eigenvalue weighted by atomic mass is 16.5. The highest BCUT2D eigenvalue weighted by Crippen LogP contribution is 2.27. The van der Waals surface area contributed by atoms with E-state index in [1.807, 2.05) is 0 Å². The molecule has 128 valence electrons. The largest absolute Gasteiger partial charge is 0.491 e. The minimum Gasteiger partial charge on any atom is -0.491 e. The molecular formula is C17H20N2O5. The first-order valence-corrected chi connectivity index (χ1v) is 8.01. The van der Waals surface area contributed by atoms with E-state index in [1.165, 1.54) is 6.92 Å². The molecule has 24 heavy (non-hydrogen) atoms. The number of aliphatic hydroxyl groups is 1. The third-order valence-electron chi connectivity index (χ3n) is 4.36. The summed E-state index contributed by atoms with van der Waals surface area (Å²) in [5.41, 5.74) is 0.521. The molecule has 0 radical (unpaired) electrons. The van der Waals surface area contributed by atoms with Gasteiger partial charge in [0.25, 0.3) is 5.91 Å². The number of hydrogen-bond donors (Lipinski definition) is 1. The lowest BCUT2D eigenvalue weighted by molar-refractivity contribution is -0.129. The smallest absolute Gasteiger partial charge is 0.327 e. The van der Waals surface area contributed by atoms with Crippen molar-refractivity contribution < 1.29 is 24.2 Å². The van der Waals surface area contributed by atoms with Gasteiger partial charge in [0.15, 0.2) is 5.78 Å². The molecule has 2 aliphatic rings. The van der Waals surface area contributed by atoms with E-state index in [2.05, 4.69) is 0 Å². The number of carbonyl (C=O) groups is 3.